The molecule has 3 rings (SSSR count). The lowest BCUT2D eigenvalue weighted by Gasteiger charge is -2.16. The largest absolute Gasteiger partial charge is 0.425 e. The van der Waals surface area contributed by atoms with Gasteiger partial charge in [-0.25, -0.2) is 0 Å². The SMILES string of the molecule is Cc1ccc(N2C[C@@H](C(=O)Oc3ccccc3Cl)CC2=O)cc1. The molecule has 0 aromatic heterocycles. The molecule has 2 aromatic carbocycles. The van der Waals surface area contributed by atoms with Crippen LogP contribution in [0.15, 0.2) is 48.5 Å². The molecule has 23 heavy (non-hydrogen) atoms. The van der Waals surface area contributed by atoms with Gasteiger partial charge in [0.25, 0.3) is 0 Å². The fraction of sp³-hybridized carbons (Fsp3) is 0.222. The van der Waals surface area contributed by atoms with Crippen molar-refractivity contribution in [2.24, 2.45) is 5.92 Å². The molecule has 0 spiro atoms. The van der Waals surface area contributed by atoms with Crippen molar-refractivity contribution in [3.8, 4) is 5.75 Å². The molecule has 0 radical (unpaired) electrons. The molecule has 4 nitrogen and oxygen atoms in total. The van der Waals surface area contributed by atoms with Crippen molar-refractivity contribution in [1.29, 1.82) is 0 Å². The number of hydrogen-bond acceptors (Lipinski definition) is 3. The Morgan fingerprint density at radius 1 is 1.17 bits per heavy atom. The Morgan fingerprint density at radius 2 is 1.87 bits per heavy atom. The van der Waals surface area contributed by atoms with Crippen LogP contribution in [0.1, 0.15) is 12.0 Å². The van der Waals surface area contributed by atoms with Gasteiger partial charge in [-0.3, -0.25) is 9.59 Å². The van der Waals surface area contributed by atoms with Crippen molar-refractivity contribution in [2.75, 3.05) is 11.4 Å². The zero-order valence-electron chi connectivity index (χ0n) is 12.7. The van der Waals surface area contributed by atoms with Gasteiger partial charge in [-0.2, -0.15) is 0 Å². The first-order chi connectivity index (χ1) is 11.0. The van der Waals surface area contributed by atoms with Crippen molar-refractivity contribution < 1.29 is 14.3 Å². The van der Waals surface area contributed by atoms with Gasteiger partial charge in [0.2, 0.25) is 5.91 Å². The summed E-state index contributed by atoms with van der Waals surface area (Å²) in [4.78, 5) is 26.1. The monoisotopic (exact) mass is 329 g/mol. The molecular weight excluding hydrogens is 314 g/mol. The van der Waals surface area contributed by atoms with E-state index in [1.807, 2.05) is 31.2 Å². The number of rotatable bonds is 3. The number of aryl methyl sites for hydroxylation is 1. The van der Waals surface area contributed by atoms with Crippen molar-refractivity contribution in [3.63, 3.8) is 0 Å². The van der Waals surface area contributed by atoms with Crippen LogP contribution in [0, 0.1) is 12.8 Å². The third kappa shape index (κ3) is 3.37. The summed E-state index contributed by atoms with van der Waals surface area (Å²) in [6.45, 7) is 2.31. The summed E-state index contributed by atoms with van der Waals surface area (Å²) in [5.41, 5.74) is 1.92. The number of esters is 1. The average molecular weight is 330 g/mol. The van der Waals surface area contributed by atoms with Crippen LogP contribution in [0.2, 0.25) is 5.02 Å². The molecule has 0 aliphatic carbocycles. The van der Waals surface area contributed by atoms with Gasteiger partial charge in [-0.1, -0.05) is 41.4 Å². The number of amides is 1. The second-order valence-corrected chi connectivity index (χ2v) is 6.00. The van der Waals surface area contributed by atoms with Gasteiger partial charge in [0.05, 0.1) is 10.9 Å². The Bertz CT molecular complexity index is 742. The standard InChI is InChI=1S/C18H16ClNO3/c1-12-6-8-14(9-7-12)20-11-13(10-17(20)21)18(22)23-16-5-3-2-4-15(16)19/h2-9,13H,10-11H2,1H3/t13-/m0/s1. The van der Waals surface area contributed by atoms with Crippen LogP contribution in [0.3, 0.4) is 0 Å². The summed E-state index contributed by atoms with van der Waals surface area (Å²) in [7, 11) is 0. The zero-order valence-corrected chi connectivity index (χ0v) is 13.4. The van der Waals surface area contributed by atoms with E-state index in [0.29, 0.717) is 17.3 Å². The average Bonchev–Trinajstić information content (AvgIpc) is 2.92. The predicted molar refractivity (Wildman–Crippen MR) is 88.7 cm³/mol. The van der Waals surface area contributed by atoms with Crippen LogP contribution >= 0.6 is 11.6 Å². The number of para-hydroxylation sites is 1. The first-order valence-corrected chi connectivity index (χ1v) is 7.75. The van der Waals surface area contributed by atoms with Gasteiger partial charge in [0.1, 0.15) is 5.75 Å². The maximum absolute atomic E-state index is 12.3. The molecule has 0 saturated carbocycles. The quantitative estimate of drug-likeness (QED) is 0.638. The Kier molecular flexibility index (Phi) is 4.35. The minimum Gasteiger partial charge on any atom is -0.425 e. The first-order valence-electron chi connectivity index (χ1n) is 7.38. The Morgan fingerprint density at radius 3 is 2.57 bits per heavy atom. The molecule has 0 N–H and O–H groups in total. The molecule has 0 unspecified atom stereocenters. The first kappa shape index (κ1) is 15.6. The van der Waals surface area contributed by atoms with E-state index in [1.54, 1.807) is 29.2 Å². The number of ether oxygens (including phenoxy) is 1. The third-order valence-corrected chi connectivity index (χ3v) is 4.16. The van der Waals surface area contributed by atoms with Gasteiger partial charge in [-0.05, 0) is 31.2 Å². The van der Waals surface area contributed by atoms with E-state index in [-0.39, 0.29) is 12.3 Å². The molecule has 1 aliphatic heterocycles. The topological polar surface area (TPSA) is 46.6 Å². The Labute approximate surface area is 139 Å². The Hall–Kier alpha value is -2.33. The van der Waals surface area contributed by atoms with Crippen LogP contribution in [0.25, 0.3) is 0 Å². The molecule has 1 aliphatic rings. The third-order valence-electron chi connectivity index (χ3n) is 3.85. The molecule has 5 heteroatoms. The van der Waals surface area contributed by atoms with Crippen LogP contribution in [-0.2, 0) is 9.59 Å². The minimum absolute atomic E-state index is 0.0741. The van der Waals surface area contributed by atoms with Crippen LogP contribution in [-0.4, -0.2) is 18.4 Å². The fourth-order valence-electron chi connectivity index (χ4n) is 2.56. The number of benzene rings is 2. The van der Waals surface area contributed by atoms with Crippen molar-refractivity contribution in [2.45, 2.75) is 13.3 Å². The molecule has 1 heterocycles. The number of nitrogens with zero attached hydrogens (tertiary/aromatic N) is 1. The highest BCUT2D eigenvalue weighted by molar-refractivity contribution is 6.32. The van der Waals surface area contributed by atoms with E-state index in [2.05, 4.69) is 0 Å². The van der Waals surface area contributed by atoms with Gasteiger partial charge in [0, 0.05) is 18.7 Å². The smallest absolute Gasteiger partial charge is 0.316 e. The summed E-state index contributed by atoms with van der Waals surface area (Å²) in [6, 6.07) is 14.4. The Balaban J connectivity index is 1.71. The fourth-order valence-corrected chi connectivity index (χ4v) is 2.73. The lowest BCUT2D eigenvalue weighted by atomic mass is 10.1. The second-order valence-electron chi connectivity index (χ2n) is 5.59. The van der Waals surface area contributed by atoms with E-state index in [0.717, 1.165) is 11.3 Å². The molecule has 0 bridgehead atoms. The van der Waals surface area contributed by atoms with Gasteiger partial charge >= 0.3 is 5.97 Å². The molecule has 118 valence electrons. The maximum atomic E-state index is 12.3. The highest BCUT2D eigenvalue weighted by atomic mass is 35.5. The van der Waals surface area contributed by atoms with Crippen molar-refractivity contribution in [3.05, 3.63) is 59.1 Å². The van der Waals surface area contributed by atoms with Gasteiger partial charge < -0.3 is 9.64 Å². The van der Waals surface area contributed by atoms with Gasteiger partial charge in [-0.15, -0.1) is 0 Å². The molecular formula is C18H16ClNO3. The van der Waals surface area contributed by atoms with E-state index >= 15 is 0 Å². The van der Waals surface area contributed by atoms with Crippen LogP contribution in [0.5, 0.6) is 5.75 Å². The molecule has 1 atom stereocenters. The lowest BCUT2D eigenvalue weighted by Crippen LogP contribution is -2.27. The van der Waals surface area contributed by atoms with E-state index in [1.165, 1.54) is 0 Å². The summed E-state index contributed by atoms with van der Waals surface area (Å²) in [5.74, 6) is -0.670. The van der Waals surface area contributed by atoms with Crippen LogP contribution < -0.4 is 9.64 Å². The summed E-state index contributed by atoms with van der Waals surface area (Å²) < 4.78 is 5.33. The van der Waals surface area contributed by atoms with Crippen molar-refractivity contribution in [1.82, 2.24) is 0 Å². The van der Waals surface area contributed by atoms with E-state index in [4.69, 9.17) is 16.3 Å². The molecule has 1 fully saturated rings. The van der Waals surface area contributed by atoms with Crippen molar-refractivity contribution >= 4 is 29.2 Å². The minimum atomic E-state index is -0.486. The molecule has 1 amide bonds. The number of hydrogen-bond donors (Lipinski definition) is 0. The number of carbonyl (C=O) groups is 2. The van der Waals surface area contributed by atoms with E-state index < -0.39 is 11.9 Å². The highest BCUT2D eigenvalue weighted by Crippen LogP contribution is 2.28. The number of anilines is 1. The normalized spacial score (nSPS) is 17.4. The van der Waals surface area contributed by atoms with E-state index in [9.17, 15) is 9.59 Å². The second kappa shape index (κ2) is 6.42. The summed E-state index contributed by atoms with van der Waals surface area (Å²) in [5, 5.41) is 0.376. The molecule has 2 aromatic rings. The lowest BCUT2D eigenvalue weighted by molar-refractivity contribution is -0.139. The predicted octanol–water partition coefficient (Wildman–Crippen LogP) is 3.61. The number of carbonyl (C=O) groups excluding carboxylic acids is 2. The maximum Gasteiger partial charge on any atom is 0.316 e. The molecule has 1 saturated heterocycles. The van der Waals surface area contributed by atoms with Gasteiger partial charge in [0.15, 0.2) is 0 Å². The number of halogens is 1. The summed E-state index contributed by atoms with van der Waals surface area (Å²) in [6.07, 6.45) is 0.150. The van der Waals surface area contributed by atoms with Crippen LogP contribution in [0.4, 0.5) is 5.69 Å². The highest BCUT2D eigenvalue weighted by Gasteiger charge is 2.36. The zero-order chi connectivity index (χ0) is 16.4. The summed E-state index contributed by atoms with van der Waals surface area (Å²) >= 11 is 5.99.